The summed E-state index contributed by atoms with van der Waals surface area (Å²) in [6.07, 6.45) is 3.39. The van der Waals surface area contributed by atoms with E-state index in [0.29, 0.717) is 19.8 Å². The molecule has 1 atom stereocenters. The van der Waals surface area contributed by atoms with Crippen LogP contribution in [0, 0.1) is 0 Å². The van der Waals surface area contributed by atoms with E-state index in [-0.39, 0.29) is 0 Å². The zero-order chi connectivity index (χ0) is 12.8. The molecule has 1 heterocycles. The average molecular weight is 342 g/mol. The van der Waals surface area contributed by atoms with Gasteiger partial charge in [0.25, 0.3) is 0 Å². The van der Waals surface area contributed by atoms with Crippen LogP contribution in [-0.2, 0) is 0 Å². The predicted octanol–water partition coefficient (Wildman–Crippen LogP) is 3.15. The molecule has 0 bridgehead atoms. The fourth-order valence-electron chi connectivity index (χ4n) is 1.72. The summed E-state index contributed by atoms with van der Waals surface area (Å²) in [5, 5.41) is 2.11. The van der Waals surface area contributed by atoms with Crippen LogP contribution in [-0.4, -0.2) is 27.0 Å². The zero-order valence-corrected chi connectivity index (χ0v) is 13.7. The van der Waals surface area contributed by atoms with Crippen LogP contribution in [0.2, 0.25) is 0 Å². The zero-order valence-electron chi connectivity index (χ0n) is 10.3. The van der Waals surface area contributed by atoms with Crippen molar-refractivity contribution in [2.24, 2.45) is 0 Å². The molecule has 0 radical (unpaired) electrons. The van der Waals surface area contributed by atoms with Crippen LogP contribution in [0.15, 0.2) is 41.8 Å². The molecule has 0 amide bonds. The number of thioether (sulfide) groups is 1. The van der Waals surface area contributed by atoms with Crippen molar-refractivity contribution in [1.82, 2.24) is 0 Å². The third-order valence-corrected chi connectivity index (χ3v) is 7.38. The van der Waals surface area contributed by atoms with Gasteiger partial charge in [-0.3, -0.25) is 0 Å². The summed E-state index contributed by atoms with van der Waals surface area (Å²) in [6, 6.07) is 12.8. The molecule has 0 spiro atoms. The van der Waals surface area contributed by atoms with E-state index in [1.807, 2.05) is 29.2 Å². The van der Waals surface area contributed by atoms with Crippen LogP contribution in [0.4, 0.5) is 5.69 Å². The third-order valence-electron chi connectivity index (χ3n) is 2.63. The summed E-state index contributed by atoms with van der Waals surface area (Å²) in [7, 11) is 0. The van der Waals surface area contributed by atoms with E-state index in [0.717, 1.165) is 5.69 Å². The fourth-order valence-corrected chi connectivity index (χ4v) is 6.32. The Bertz CT molecular complexity index is 470. The van der Waals surface area contributed by atoms with Gasteiger partial charge in [0.2, 0.25) is 0 Å². The summed E-state index contributed by atoms with van der Waals surface area (Å²) in [4.78, 5) is 2.00. The van der Waals surface area contributed by atoms with Gasteiger partial charge in [-0.1, -0.05) is 0 Å². The molecule has 0 aliphatic heterocycles. The fraction of sp³-hybridized carbons (Fsp3) is 0.286. The van der Waals surface area contributed by atoms with Crippen molar-refractivity contribution in [3.8, 4) is 0 Å². The van der Waals surface area contributed by atoms with Gasteiger partial charge >= 0.3 is 124 Å². The van der Waals surface area contributed by atoms with Gasteiger partial charge in [-0.2, -0.15) is 0 Å². The first-order valence-electron chi connectivity index (χ1n) is 5.84. The molecule has 0 saturated heterocycles. The molecule has 96 valence electrons. The SMILES string of the molecule is CSCCC([Se]c1ccccc1)c1sccc1N. The van der Waals surface area contributed by atoms with E-state index in [1.54, 1.807) is 0 Å². The van der Waals surface area contributed by atoms with Crippen molar-refractivity contribution < 1.29 is 0 Å². The standard InChI is InChI=1S/C14H17NS2Se/c1-16-9-8-13(14-12(15)7-10-17-14)18-11-5-3-2-4-6-11/h2-7,10,13H,8-9,15H2,1H3. The quantitative estimate of drug-likeness (QED) is 0.816. The number of hydrogen-bond donors (Lipinski definition) is 1. The maximum atomic E-state index is 6.08. The van der Waals surface area contributed by atoms with Crippen molar-refractivity contribution in [1.29, 1.82) is 0 Å². The van der Waals surface area contributed by atoms with Crippen LogP contribution >= 0.6 is 23.1 Å². The van der Waals surface area contributed by atoms with E-state index in [1.165, 1.54) is 21.5 Å². The molecule has 1 unspecified atom stereocenters. The molecular weight excluding hydrogens is 325 g/mol. The number of nitrogens with two attached hydrogens (primary N) is 1. The van der Waals surface area contributed by atoms with Crippen LogP contribution in [0.1, 0.15) is 16.1 Å². The van der Waals surface area contributed by atoms with Gasteiger partial charge in [-0.05, 0) is 0 Å². The van der Waals surface area contributed by atoms with Crippen molar-refractivity contribution in [3.05, 3.63) is 46.7 Å². The number of nitrogen functional groups attached to an aromatic ring is 1. The Morgan fingerprint density at radius 2 is 2.06 bits per heavy atom. The first-order valence-corrected chi connectivity index (χ1v) is 9.96. The van der Waals surface area contributed by atoms with E-state index in [9.17, 15) is 0 Å². The normalized spacial score (nSPS) is 12.5. The summed E-state index contributed by atoms with van der Waals surface area (Å²) < 4.78 is 1.46. The van der Waals surface area contributed by atoms with Gasteiger partial charge in [-0.15, -0.1) is 0 Å². The molecular formula is C14H17NS2Se. The third kappa shape index (κ3) is 3.79. The van der Waals surface area contributed by atoms with E-state index in [4.69, 9.17) is 5.73 Å². The second-order valence-electron chi connectivity index (χ2n) is 3.94. The second kappa shape index (κ2) is 7.25. The Labute approximate surface area is 123 Å². The van der Waals surface area contributed by atoms with E-state index in [2.05, 4.69) is 42.0 Å². The molecule has 0 aliphatic rings. The predicted molar refractivity (Wildman–Crippen MR) is 86.3 cm³/mol. The summed E-state index contributed by atoms with van der Waals surface area (Å²) in [5.41, 5.74) is 7.06. The van der Waals surface area contributed by atoms with Gasteiger partial charge in [-0.25, -0.2) is 0 Å². The summed E-state index contributed by atoms with van der Waals surface area (Å²) in [5.74, 6) is 1.20. The van der Waals surface area contributed by atoms with Crippen LogP contribution in [0.25, 0.3) is 0 Å². The van der Waals surface area contributed by atoms with Crippen molar-refractivity contribution in [3.63, 3.8) is 0 Å². The Hall–Kier alpha value is -0.411. The van der Waals surface area contributed by atoms with E-state index >= 15 is 0 Å². The number of thiophene rings is 1. The number of rotatable bonds is 6. The Morgan fingerprint density at radius 1 is 1.28 bits per heavy atom. The Balaban J connectivity index is 2.13. The Morgan fingerprint density at radius 3 is 2.67 bits per heavy atom. The molecule has 1 aromatic carbocycles. The van der Waals surface area contributed by atoms with Gasteiger partial charge in [0.1, 0.15) is 0 Å². The topological polar surface area (TPSA) is 26.0 Å². The molecule has 0 aliphatic carbocycles. The molecule has 1 nitrogen and oxygen atoms in total. The number of benzene rings is 1. The van der Waals surface area contributed by atoms with Crippen molar-refractivity contribution >= 4 is 48.2 Å². The van der Waals surface area contributed by atoms with E-state index < -0.39 is 0 Å². The summed E-state index contributed by atoms with van der Waals surface area (Å²) in [6.45, 7) is 0. The van der Waals surface area contributed by atoms with Crippen LogP contribution in [0.3, 0.4) is 0 Å². The maximum absolute atomic E-state index is 6.08. The van der Waals surface area contributed by atoms with Gasteiger partial charge in [0, 0.05) is 0 Å². The van der Waals surface area contributed by atoms with Crippen LogP contribution < -0.4 is 10.2 Å². The van der Waals surface area contributed by atoms with Crippen molar-refractivity contribution in [2.75, 3.05) is 17.7 Å². The molecule has 2 rings (SSSR count). The van der Waals surface area contributed by atoms with Crippen molar-refractivity contribution in [2.45, 2.75) is 11.2 Å². The monoisotopic (exact) mass is 343 g/mol. The average Bonchev–Trinajstić information content (AvgIpc) is 2.82. The molecule has 0 saturated carbocycles. The van der Waals surface area contributed by atoms with Gasteiger partial charge in [0.05, 0.1) is 0 Å². The van der Waals surface area contributed by atoms with Gasteiger partial charge < -0.3 is 0 Å². The number of hydrogen-bond acceptors (Lipinski definition) is 3. The first kappa shape index (κ1) is 14.0. The first-order chi connectivity index (χ1) is 8.81. The Kier molecular flexibility index (Phi) is 5.64. The minimum atomic E-state index is 0.468. The van der Waals surface area contributed by atoms with Crippen LogP contribution in [0.5, 0.6) is 0 Å². The molecule has 4 heteroatoms. The minimum absolute atomic E-state index is 0.468. The number of anilines is 1. The van der Waals surface area contributed by atoms with Gasteiger partial charge in [0.15, 0.2) is 0 Å². The second-order valence-corrected chi connectivity index (χ2v) is 8.55. The molecule has 1 aromatic heterocycles. The molecule has 2 N–H and O–H groups in total. The summed E-state index contributed by atoms with van der Waals surface area (Å²) >= 11 is 4.19. The molecule has 18 heavy (non-hydrogen) atoms. The molecule has 0 fully saturated rings. The molecule has 2 aromatic rings.